The van der Waals surface area contributed by atoms with Gasteiger partial charge in [-0.15, -0.1) is 0 Å². The summed E-state index contributed by atoms with van der Waals surface area (Å²) in [7, 11) is 3.56. The SMILES string of the molecule is COc1cnc(N2CCC(N(C)C(=O)C3CC3)CC2)nc1. The second-order valence-electron chi connectivity index (χ2n) is 5.86. The number of piperidine rings is 1. The molecule has 0 unspecified atom stereocenters. The normalized spacial score (nSPS) is 19.4. The number of carbonyl (C=O) groups is 1. The van der Waals surface area contributed by atoms with E-state index < -0.39 is 0 Å². The Morgan fingerprint density at radius 1 is 1.24 bits per heavy atom. The van der Waals surface area contributed by atoms with Gasteiger partial charge < -0.3 is 14.5 Å². The van der Waals surface area contributed by atoms with E-state index in [4.69, 9.17) is 4.74 Å². The van der Waals surface area contributed by atoms with Gasteiger partial charge in [0.15, 0.2) is 5.75 Å². The van der Waals surface area contributed by atoms with Crippen LogP contribution >= 0.6 is 0 Å². The summed E-state index contributed by atoms with van der Waals surface area (Å²) in [6.45, 7) is 1.78. The smallest absolute Gasteiger partial charge is 0.225 e. The molecular formula is C15H22N4O2. The lowest BCUT2D eigenvalue weighted by Crippen LogP contribution is -2.46. The molecule has 0 bridgehead atoms. The summed E-state index contributed by atoms with van der Waals surface area (Å²) in [6.07, 6.45) is 7.48. The molecule has 3 rings (SSSR count). The number of ether oxygens (including phenoxy) is 1. The zero-order chi connectivity index (χ0) is 14.8. The lowest BCUT2D eigenvalue weighted by atomic mass is 10.0. The van der Waals surface area contributed by atoms with Crippen LogP contribution in [0.5, 0.6) is 5.75 Å². The molecule has 2 aliphatic rings. The third kappa shape index (κ3) is 3.09. The Hall–Kier alpha value is -1.85. The maximum atomic E-state index is 12.1. The molecular weight excluding hydrogens is 268 g/mol. The van der Waals surface area contributed by atoms with Crippen LogP contribution in [0.15, 0.2) is 12.4 Å². The van der Waals surface area contributed by atoms with Crippen LogP contribution in [0, 0.1) is 5.92 Å². The molecule has 1 aromatic heterocycles. The van der Waals surface area contributed by atoms with E-state index in [0.717, 1.165) is 44.7 Å². The van der Waals surface area contributed by atoms with Gasteiger partial charge in [0.1, 0.15) is 0 Å². The van der Waals surface area contributed by atoms with E-state index in [2.05, 4.69) is 14.9 Å². The maximum Gasteiger partial charge on any atom is 0.225 e. The van der Waals surface area contributed by atoms with Gasteiger partial charge in [0, 0.05) is 32.1 Å². The number of hydrogen-bond donors (Lipinski definition) is 0. The van der Waals surface area contributed by atoms with E-state index in [1.54, 1.807) is 19.5 Å². The molecule has 1 amide bonds. The number of amides is 1. The average Bonchev–Trinajstić information content (AvgIpc) is 3.39. The van der Waals surface area contributed by atoms with Gasteiger partial charge in [-0.05, 0) is 25.7 Å². The number of rotatable bonds is 4. The quantitative estimate of drug-likeness (QED) is 0.837. The van der Waals surface area contributed by atoms with Crippen LogP contribution in [0.2, 0.25) is 0 Å². The fraction of sp³-hybridized carbons (Fsp3) is 0.667. The third-order valence-electron chi connectivity index (χ3n) is 4.42. The van der Waals surface area contributed by atoms with E-state index in [-0.39, 0.29) is 0 Å². The zero-order valence-corrected chi connectivity index (χ0v) is 12.7. The van der Waals surface area contributed by atoms with E-state index in [0.29, 0.717) is 23.6 Å². The van der Waals surface area contributed by atoms with Crippen LogP contribution in [0.1, 0.15) is 25.7 Å². The van der Waals surface area contributed by atoms with Crippen molar-refractivity contribution in [2.45, 2.75) is 31.7 Å². The number of carbonyl (C=O) groups excluding carboxylic acids is 1. The Morgan fingerprint density at radius 2 is 1.86 bits per heavy atom. The average molecular weight is 290 g/mol. The number of nitrogens with zero attached hydrogens (tertiary/aromatic N) is 4. The highest BCUT2D eigenvalue weighted by Crippen LogP contribution is 2.32. The minimum absolute atomic E-state index is 0.304. The van der Waals surface area contributed by atoms with Crippen molar-refractivity contribution in [2.24, 2.45) is 5.92 Å². The second-order valence-corrected chi connectivity index (χ2v) is 5.86. The molecule has 1 saturated heterocycles. The van der Waals surface area contributed by atoms with Gasteiger partial charge in [-0.25, -0.2) is 9.97 Å². The fourth-order valence-corrected chi connectivity index (χ4v) is 2.83. The van der Waals surface area contributed by atoms with Crippen molar-refractivity contribution in [3.63, 3.8) is 0 Å². The molecule has 6 nitrogen and oxygen atoms in total. The predicted octanol–water partition coefficient (Wildman–Crippen LogP) is 1.32. The highest BCUT2D eigenvalue weighted by atomic mass is 16.5. The molecule has 2 fully saturated rings. The summed E-state index contributed by atoms with van der Waals surface area (Å²) >= 11 is 0. The summed E-state index contributed by atoms with van der Waals surface area (Å²) in [6, 6.07) is 0.354. The van der Waals surface area contributed by atoms with Crippen molar-refractivity contribution in [1.82, 2.24) is 14.9 Å². The zero-order valence-electron chi connectivity index (χ0n) is 12.7. The van der Waals surface area contributed by atoms with E-state index in [1.165, 1.54) is 0 Å². The molecule has 1 aromatic rings. The highest BCUT2D eigenvalue weighted by Gasteiger charge is 2.35. The van der Waals surface area contributed by atoms with Crippen molar-refractivity contribution < 1.29 is 9.53 Å². The van der Waals surface area contributed by atoms with Gasteiger partial charge in [0.05, 0.1) is 19.5 Å². The van der Waals surface area contributed by atoms with Crippen molar-refractivity contribution >= 4 is 11.9 Å². The van der Waals surface area contributed by atoms with Crippen molar-refractivity contribution in [1.29, 1.82) is 0 Å². The molecule has 114 valence electrons. The maximum absolute atomic E-state index is 12.1. The summed E-state index contributed by atoms with van der Waals surface area (Å²) in [5, 5.41) is 0. The molecule has 0 N–H and O–H groups in total. The minimum atomic E-state index is 0.304. The number of anilines is 1. The second kappa shape index (κ2) is 5.87. The number of methoxy groups -OCH3 is 1. The molecule has 0 atom stereocenters. The minimum Gasteiger partial charge on any atom is -0.494 e. The van der Waals surface area contributed by atoms with Gasteiger partial charge in [-0.1, -0.05) is 0 Å². The summed E-state index contributed by atoms with van der Waals surface area (Å²) in [5.74, 6) is 2.04. The Bertz CT molecular complexity index is 493. The van der Waals surface area contributed by atoms with Crippen LogP contribution in [0.3, 0.4) is 0 Å². The summed E-state index contributed by atoms with van der Waals surface area (Å²) in [5.41, 5.74) is 0. The molecule has 1 aliphatic carbocycles. The Kier molecular flexibility index (Phi) is 3.94. The first kappa shape index (κ1) is 14.1. The highest BCUT2D eigenvalue weighted by molar-refractivity contribution is 5.81. The largest absolute Gasteiger partial charge is 0.494 e. The molecule has 0 spiro atoms. The first-order valence-electron chi connectivity index (χ1n) is 7.56. The lowest BCUT2D eigenvalue weighted by molar-refractivity contribution is -0.133. The topological polar surface area (TPSA) is 58.6 Å². The molecule has 1 saturated carbocycles. The first-order chi connectivity index (χ1) is 10.2. The van der Waals surface area contributed by atoms with Crippen LogP contribution < -0.4 is 9.64 Å². The van der Waals surface area contributed by atoms with Gasteiger partial charge in [0.25, 0.3) is 0 Å². The number of hydrogen-bond acceptors (Lipinski definition) is 5. The molecule has 6 heteroatoms. The van der Waals surface area contributed by atoms with Gasteiger partial charge in [-0.3, -0.25) is 4.79 Å². The fourth-order valence-electron chi connectivity index (χ4n) is 2.83. The van der Waals surface area contributed by atoms with Crippen molar-refractivity contribution in [3.8, 4) is 5.75 Å². The lowest BCUT2D eigenvalue weighted by Gasteiger charge is -2.36. The Labute approximate surface area is 125 Å². The van der Waals surface area contributed by atoms with Crippen LogP contribution in [0.25, 0.3) is 0 Å². The summed E-state index contributed by atoms with van der Waals surface area (Å²) in [4.78, 5) is 24.9. The van der Waals surface area contributed by atoms with E-state index in [9.17, 15) is 4.79 Å². The van der Waals surface area contributed by atoms with Gasteiger partial charge in [-0.2, -0.15) is 0 Å². The van der Waals surface area contributed by atoms with Crippen LogP contribution in [-0.2, 0) is 4.79 Å². The van der Waals surface area contributed by atoms with Crippen LogP contribution in [0.4, 0.5) is 5.95 Å². The van der Waals surface area contributed by atoms with Crippen LogP contribution in [-0.4, -0.2) is 54.1 Å². The Morgan fingerprint density at radius 3 is 2.38 bits per heavy atom. The Balaban J connectivity index is 1.55. The summed E-state index contributed by atoms with van der Waals surface area (Å²) < 4.78 is 5.07. The number of aromatic nitrogens is 2. The van der Waals surface area contributed by atoms with Gasteiger partial charge in [0.2, 0.25) is 11.9 Å². The molecule has 21 heavy (non-hydrogen) atoms. The standard InChI is InChI=1S/C15H22N4O2/c1-18(14(20)11-3-4-11)12-5-7-19(8-6-12)15-16-9-13(21-2)10-17-15/h9-12H,3-8H2,1-2H3. The van der Waals surface area contributed by atoms with Crippen molar-refractivity contribution in [2.75, 3.05) is 32.1 Å². The monoisotopic (exact) mass is 290 g/mol. The molecule has 0 radical (unpaired) electrons. The van der Waals surface area contributed by atoms with E-state index in [1.807, 2.05) is 11.9 Å². The van der Waals surface area contributed by atoms with Gasteiger partial charge >= 0.3 is 0 Å². The first-order valence-corrected chi connectivity index (χ1v) is 7.56. The van der Waals surface area contributed by atoms with Crippen molar-refractivity contribution in [3.05, 3.63) is 12.4 Å². The predicted molar refractivity (Wildman–Crippen MR) is 79.3 cm³/mol. The molecule has 0 aromatic carbocycles. The molecule has 1 aliphatic heterocycles. The molecule has 2 heterocycles. The third-order valence-corrected chi connectivity index (χ3v) is 4.42. The van der Waals surface area contributed by atoms with E-state index >= 15 is 0 Å².